The van der Waals surface area contributed by atoms with Crippen LogP contribution in [0, 0.1) is 12.7 Å². The molecule has 0 bridgehead atoms. The number of aromatic amines is 3. The molecule has 0 radical (unpaired) electrons. The number of hydrogen-bond acceptors (Lipinski definition) is 2. The lowest BCUT2D eigenvalue weighted by Crippen LogP contribution is -1.92. The normalized spacial score (nSPS) is 11.9. The fraction of sp³-hybridized carbons (Fsp3) is 0.0400. The van der Waals surface area contributed by atoms with E-state index >= 15 is 0 Å². The van der Waals surface area contributed by atoms with E-state index in [2.05, 4.69) is 38.0 Å². The Morgan fingerprint density at radius 2 is 1.94 bits per heavy atom. The van der Waals surface area contributed by atoms with Gasteiger partial charge in [-0.1, -0.05) is 43.0 Å². The molecule has 3 N–H and O–H groups in total. The molecule has 0 aliphatic rings. The predicted molar refractivity (Wildman–Crippen MR) is 122 cm³/mol. The van der Waals surface area contributed by atoms with Gasteiger partial charge in [0.2, 0.25) is 0 Å². The van der Waals surface area contributed by atoms with E-state index in [1.54, 1.807) is 24.4 Å². The van der Waals surface area contributed by atoms with E-state index in [1.807, 2.05) is 43.5 Å². The number of fused-ring (bicyclic) bond motifs is 1. The van der Waals surface area contributed by atoms with Crippen molar-refractivity contribution >= 4 is 16.5 Å². The second kappa shape index (κ2) is 7.57. The number of nitrogens with one attached hydrogen (secondary N) is 3. The van der Waals surface area contributed by atoms with Crippen molar-refractivity contribution in [2.24, 2.45) is 0 Å². The lowest BCUT2D eigenvalue weighted by molar-refractivity contribution is 0.624. The molecular formula is C25H20FN5. The molecule has 152 valence electrons. The molecule has 0 saturated heterocycles. The van der Waals surface area contributed by atoms with Crippen LogP contribution >= 0.6 is 0 Å². The van der Waals surface area contributed by atoms with Gasteiger partial charge in [-0.15, -0.1) is 0 Å². The third-order valence-electron chi connectivity index (χ3n) is 5.40. The summed E-state index contributed by atoms with van der Waals surface area (Å²) in [6.07, 6.45) is 7.16. The zero-order valence-corrected chi connectivity index (χ0v) is 16.9. The standard InChI is InChI=1S/C25H20FN5/c1-3-6-18(19-7-4-5-8-22(19)26)20-12-24(29-15(20)2)25-21-11-16(17-13-27-28-14-17)9-10-23(21)30-31-25/h3-14,29H,1H2,2H3,(H,27,28)(H,30,31)/b18-6-. The minimum absolute atomic E-state index is 0.271. The van der Waals surface area contributed by atoms with Crippen LogP contribution in [0.3, 0.4) is 0 Å². The highest BCUT2D eigenvalue weighted by Gasteiger charge is 2.17. The van der Waals surface area contributed by atoms with Gasteiger partial charge in [-0.05, 0) is 42.3 Å². The highest BCUT2D eigenvalue weighted by Crippen LogP contribution is 2.34. The number of halogens is 1. The Morgan fingerprint density at radius 1 is 1.06 bits per heavy atom. The molecule has 0 aliphatic carbocycles. The van der Waals surface area contributed by atoms with Crippen LogP contribution < -0.4 is 0 Å². The lowest BCUT2D eigenvalue weighted by atomic mass is 9.97. The average molecular weight is 409 g/mol. The zero-order valence-electron chi connectivity index (χ0n) is 16.9. The minimum atomic E-state index is -0.271. The fourth-order valence-corrected chi connectivity index (χ4v) is 3.90. The van der Waals surface area contributed by atoms with Crippen molar-refractivity contribution < 1.29 is 4.39 Å². The van der Waals surface area contributed by atoms with Gasteiger partial charge in [0.25, 0.3) is 0 Å². The number of hydrogen-bond donors (Lipinski definition) is 3. The van der Waals surface area contributed by atoms with Gasteiger partial charge in [-0.2, -0.15) is 10.2 Å². The average Bonchev–Trinajstić information content (AvgIpc) is 3.52. The summed E-state index contributed by atoms with van der Waals surface area (Å²) < 4.78 is 14.5. The van der Waals surface area contributed by atoms with Gasteiger partial charge in [0.15, 0.2) is 0 Å². The molecule has 0 aliphatic heterocycles. The van der Waals surface area contributed by atoms with Crippen molar-refractivity contribution in [2.45, 2.75) is 6.92 Å². The maximum atomic E-state index is 14.5. The first-order chi connectivity index (χ1) is 15.2. The first-order valence-electron chi connectivity index (χ1n) is 9.91. The number of rotatable bonds is 5. The van der Waals surface area contributed by atoms with Crippen LogP contribution in [-0.2, 0) is 0 Å². The molecule has 6 heteroatoms. The number of allylic oxidation sites excluding steroid dienone is 2. The molecule has 0 atom stereocenters. The number of H-pyrrole nitrogens is 3. The summed E-state index contributed by atoms with van der Waals surface area (Å²) in [5, 5.41) is 15.5. The van der Waals surface area contributed by atoms with E-state index in [0.717, 1.165) is 50.2 Å². The van der Waals surface area contributed by atoms with Gasteiger partial charge in [0.05, 0.1) is 17.4 Å². The van der Waals surface area contributed by atoms with E-state index in [9.17, 15) is 4.39 Å². The summed E-state index contributed by atoms with van der Waals surface area (Å²) >= 11 is 0. The largest absolute Gasteiger partial charge is 0.357 e. The molecule has 3 heterocycles. The summed E-state index contributed by atoms with van der Waals surface area (Å²) in [4.78, 5) is 3.42. The second-order valence-corrected chi connectivity index (χ2v) is 7.34. The van der Waals surface area contributed by atoms with Gasteiger partial charge in [-0.25, -0.2) is 4.39 Å². The van der Waals surface area contributed by atoms with E-state index < -0.39 is 0 Å². The molecule has 5 rings (SSSR count). The van der Waals surface area contributed by atoms with Crippen LogP contribution in [0.5, 0.6) is 0 Å². The van der Waals surface area contributed by atoms with Crippen LogP contribution in [0.2, 0.25) is 0 Å². The third-order valence-corrected chi connectivity index (χ3v) is 5.40. The molecule has 0 amide bonds. The van der Waals surface area contributed by atoms with Crippen LogP contribution in [0.25, 0.3) is 39.0 Å². The smallest absolute Gasteiger partial charge is 0.131 e. The van der Waals surface area contributed by atoms with Crippen molar-refractivity contribution in [3.8, 4) is 22.5 Å². The Bertz CT molecular complexity index is 1420. The first kappa shape index (κ1) is 18.8. The molecule has 5 aromatic rings. The van der Waals surface area contributed by atoms with Crippen molar-refractivity contribution in [3.05, 3.63) is 102 Å². The molecule has 0 saturated carbocycles. The van der Waals surface area contributed by atoms with Crippen molar-refractivity contribution in [1.82, 2.24) is 25.4 Å². The Morgan fingerprint density at radius 3 is 2.71 bits per heavy atom. The molecule has 3 aromatic heterocycles. The molecular weight excluding hydrogens is 389 g/mol. The Kier molecular flexibility index (Phi) is 4.59. The van der Waals surface area contributed by atoms with Gasteiger partial charge in [0, 0.05) is 34.0 Å². The fourth-order valence-electron chi connectivity index (χ4n) is 3.90. The number of benzene rings is 2. The Labute approximate surface area is 178 Å². The van der Waals surface area contributed by atoms with Crippen LogP contribution in [0.4, 0.5) is 4.39 Å². The van der Waals surface area contributed by atoms with Gasteiger partial charge in [0.1, 0.15) is 11.5 Å². The molecule has 0 unspecified atom stereocenters. The van der Waals surface area contributed by atoms with Gasteiger partial charge in [-0.3, -0.25) is 10.2 Å². The van der Waals surface area contributed by atoms with E-state index in [4.69, 9.17) is 0 Å². The van der Waals surface area contributed by atoms with Crippen molar-refractivity contribution in [2.75, 3.05) is 0 Å². The Balaban J connectivity index is 1.63. The molecule has 2 aromatic carbocycles. The van der Waals surface area contributed by atoms with E-state index in [1.165, 1.54) is 6.07 Å². The second-order valence-electron chi connectivity index (χ2n) is 7.34. The zero-order chi connectivity index (χ0) is 21.4. The van der Waals surface area contributed by atoms with E-state index in [-0.39, 0.29) is 5.82 Å². The SMILES string of the molecule is C=C/C=C(/c1ccccc1F)c1cc(-c2n[nH]c3ccc(-c4cn[nH]c4)cc23)[nH]c1C. The lowest BCUT2D eigenvalue weighted by Gasteiger charge is -2.08. The van der Waals surface area contributed by atoms with E-state index in [0.29, 0.717) is 5.56 Å². The van der Waals surface area contributed by atoms with Crippen LogP contribution in [0.1, 0.15) is 16.8 Å². The predicted octanol–water partition coefficient (Wildman–Crippen LogP) is 6.01. The number of aromatic nitrogens is 5. The van der Waals surface area contributed by atoms with Crippen molar-refractivity contribution in [1.29, 1.82) is 0 Å². The maximum absolute atomic E-state index is 14.5. The number of nitrogens with zero attached hydrogens (tertiary/aromatic N) is 2. The van der Waals surface area contributed by atoms with Gasteiger partial charge < -0.3 is 4.98 Å². The van der Waals surface area contributed by atoms with Crippen molar-refractivity contribution in [3.63, 3.8) is 0 Å². The minimum Gasteiger partial charge on any atom is -0.357 e. The molecule has 0 spiro atoms. The topological polar surface area (TPSA) is 73.2 Å². The summed E-state index contributed by atoms with van der Waals surface area (Å²) in [6.45, 7) is 5.78. The molecule has 0 fully saturated rings. The summed E-state index contributed by atoms with van der Waals surface area (Å²) in [6, 6.07) is 14.9. The molecule has 5 nitrogen and oxygen atoms in total. The third kappa shape index (κ3) is 3.28. The Hall–Kier alpha value is -4.19. The monoisotopic (exact) mass is 409 g/mol. The van der Waals surface area contributed by atoms with Crippen LogP contribution in [-0.4, -0.2) is 25.4 Å². The number of aryl methyl sites for hydroxylation is 1. The maximum Gasteiger partial charge on any atom is 0.131 e. The highest BCUT2D eigenvalue weighted by molar-refractivity contribution is 5.96. The molecule has 31 heavy (non-hydrogen) atoms. The summed E-state index contributed by atoms with van der Waals surface area (Å²) in [5.41, 5.74) is 7.79. The highest BCUT2D eigenvalue weighted by atomic mass is 19.1. The summed E-state index contributed by atoms with van der Waals surface area (Å²) in [7, 11) is 0. The summed E-state index contributed by atoms with van der Waals surface area (Å²) in [5.74, 6) is -0.271. The quantitative estimate of drug-likeness (QED) is 0.311. The first-order valence-corrected chi connectivity index (χ1v) is 9.91. The van der Waals surface area contributed by atoms with Crippen LogP contribution in [0.15, 0.2) is 79.7 Å². The van der Waals surface area contributed by atoms with Gasteiger partial charge >= 0.3 is 0 Å².